The van der Waals surface area contributed by atoms with Crippen LogP contribution in [0.3, 0.4) is 0 Å². The van der Waals surface area contributed by atoms with Crippen LogP contribution in [0.2, 0.25) is 0 Å². The molecule has 4 nitrogen and oxygen atoms in total. The molecule has 0 N–H and O–H groups in total. The first-order valence-corrected chi connectivity index (χ1v) is 4.93. The zero-order valence-corrected chi connectivity index (χ0v) is 8.35. The molecule has 1 aliphatic rings. The van der Waals surface area contributed by atoms with E-state index in [1.54, 1.807) is 12.3 Å². The Bertz CT molecular complexity index is 341. The van der Waals surface area contributed by atoms with Crippen molar-refractivity contribution in [2.75, 3.05) is 20.1 Å². The van der Waals surface area contributed by atoms with Crippen molar-refractivity contribution in [2.24, 2.45) is 0 Å². The van der Waals surface area contributed by atoms with Crippen LogP contribution in [0.4, 0.5) is 0 Å². The molecular formula is C10H14N4. The Morgan fingerprint density at radius 3 is 2.86 bits per heavy atom. The van der Waals surface area contributed by atoms with Gasteiger partial charge in [0.15, 0.2) is 0 Å². The average Bonchev–Trinajstić information content (AvgIpc) is 2.67. The average molecular weight is 190 g/mol. The van der Waals surface area contributed by atoms with Gasteiger partial charge < -0.3 is 4.90 Å². The first-order chi connectivity index (χ1) is 6.81. The van der Waals surface area contributed by atoms with Crippen LogP contribution >= 0.6 is 0 Å². The lowest BCUT2D eigenvalue weighted by Gasteiger charge is -2.29. The van der Waals surface area contributed by atoms with E-state index in [-0.39, 0.29) is 0 Å². The Labute approximate surface area is 83.7 Å². The predicted molar refractivity (Wildman–Crippen MR) is 52.7 cm³/mol. The van der Waals surface area contributed by atoms with Gasteiger partial charge in [-0.25, -0.2) is 0 Å². The molecule has 0 atom stereocenters. The van der Waals surface area contributed by atoms with Gasteiger partial charge in [0.2, 0.25) is 0 Å². The second-order valence-corrected chi connectivity index (χ2v) is 3.81. The fraction of sp³-hybridized carbons (Fsp3) is 0.600. The third kappa shape index (κ3) is 1.64. The maximum absolute atomic E-state index is 8.87. The Morgan fingerprint density at radius 2 is 2.21 bits per heavy atom. The molecule has 0 aromatic carbocycles. The SMILES string of the molecule is CN1CCC(n2nccc2C#N)CC1. The topological polar surface area (TPSA) is 44.9 Å². The third-order valence-electron chi connectivity index (χ3n) is 2.82. The molecule has 4 heteroatoms. The van der Waals surface area contributed by atoms with Gasteiger partial charge >= 0.3 is 0 Å². The van der Waals surface area contributed by atoms with E-state index in [0.717, 1.165) is 25.9 Å². The van der Waals surface area contributed by atoms with Crippen molar-refractivity contribution in [1.82, 2.24) is 14.7 Å². The van der Waals surface area contributed by atoms with Crippen molar-refractivity contribution in [3.05, 3.63) is 18.0 Å². The van der Waals surface area contributed by atoms with Crippen LogP contribution in [0.15, 0.2) is 12.3 Å². The summed E-state index contributed by atoms with van der Waals surface area (Å²) in [7, 11) is 2.13. The fourth-order valence-corrected chi connectivity index (χ4v) is 1.93. The highest BCUT2D eigenvalue weighted by molar-refractivity contribution is 5.19. The molecule has 1 aromatic rings. The molecule has 0 amide bonds. The second kappa shape index (κ2) is 3.81. The van der Waals surface area contributed by atoms with E-state index >= 15 is 0 Å². The van der Waals surface area contributed by atoms with Gasteiger partial charge in [-0.05, 0) is 39.0 Å². The van der Waals surface area contributed by atoms with Crippen molar-refractivity contribution in [3.8, 4) is 6.07 Å². The third-order valence-corrected chi connectivity index (χ3v) is 2.82. The van der Waals surface area contributed by atoms with E-state index in [1.165, 1.54) is 0 Å². The van der Waals surface area contributed by atoms with E-state index in [4.69, 9.17) is 5.26 Å². The lowest BCUT2D eigenvalue weighted by molar-refractivity contribution is 0.211. The number of rotatable bonds is 1. The Kier molecular flexibility index (Phi) is 2.51. The molecule has 0 bridgehead atoms. The molecule has 0 unspecified atom stereocenters. The van der Waals surface area contributed by atoms with E-state index < -0.39 is 0 Å². The normalized spacial score (nSPS) is 19.4. The standard InChI is InChI=1S/C10H14N4/c1-13-6-3-9(4-7-13)14-10(8-11)2-5-12-14/h2,5,9H,3-4,6-7H2,1H3. The summed E-state index contributed by atoms with van der Waals surface area (Å²) in [5.41, 5.74) is 0.680. The van der Waals surface area contributed by atoms with E-state index in [2.05, 4.69) is 23.1 Å². The van der Waals surface area contributed by atoms with Crippen LogP contribution in [0.25, 0.3) is 0 Å². The maximum atomic E-state index is 8.87. The summed E-state index contributed by atoms with van der Waals surface area (Å²) >= 11 is 0. The molecule has 0 radical (unpaired) electrons. The van der Waals surface area contributed by atoms with Gasteiger partial charge in [0.1, 0.15) is 11.8 Å². The Hall–Kier alpha value is -1.34. The van der Waals surface area contributed by atoms with Crippen molar-refractivity contribution in [3.63, 3.8) is 0 Å². The molecule has 0 aliphatic carbocycles. The van der Waals surface area contributed by atoms with Gasteiger partial charge in [0.25, 0.3) is 0 Å². The summed E-state index contributed by atoms with van der Waals surface area (Å²) in [5.74, 6) is 0. The fourth-order valence-electron chi connectivity index (χ4n) is 1.93. The van der Waals surface area contributed by atoms with Crippen molar-refractivity contribution < 1.29 is 0 Å². The van der Waals surface area contributed by atoms with Crippen LogP contribution < -0.4 is 0 Å². The summed E-state index contributed by atoms with van der Waals surface area (Å²) in [5, 5.41) is 13.1. The van der Waals surface area contributed by atoms with Gasteiger partial charge in [0, 0.05) is 0 Å². The van der Waals surface area contributed by atoms with Gasteiger partial charge in [-0.3, -0.25) is 4.68 Å². The van der Waals surface area contributed by atoms with Gasteiger partial charge in [-0.1, -0.05) is 0 Å². The minimum absolute atomic E-state index is 0.413. The van der Waals surface area contributed by atoms with Gasteiger partial charge in [0.05, 0.1) is 12.2 Å². The number of hydrogen-bond acceptors (Lipinski definition) is 3. The molecule has 1 saturated heterocycles. The summed E-state index contributed by atoms with van der Waals surface area (Å²) < 4.78 is 1.87. The first kappa shape index (κ1) is 9.22. The van der Waals surface area contributed by atoms with Crippen LogP contribution in [0.5, 0.6) is 0 Å². The number of piperidine rings is 1. The van der Waals surface area contributed by atoms with Crippen LogP contribution in [-0.2, 0) is 0 Å². The van der Waals surface area contributed by atoms with Gasteiger partial charge in [-0.2, -0.15) is 10.4 Å². The van der Waals surface area contributed by atoms with E-state index in [0.29, 0.717) is 11.7 Å². The van der Waals surface area contributed by atoms with E-state index in [1.807, 2.05) is 4.68 Å². The zero-order valence-electron chi connectivity index (χ0n) is 8.35. The number of aromatic nitrogens is 2. The highest BCUT2D eigenvalue weighted by Gasteiger charge is 2.20. The first-order valence-electron chi connectivity index (χ1n) is 4.93. The molecule has 1 aliphatic heterocycles. The molecule has 0 spiro atoms. The van der Waals surface area contributed by atoms with Gasteiger partial charge in [-0.15, -0.1) is 0 Å². The molecule has 1 aromatic heterocycles. The lowest BCUT2D eigenvalue weighted by Crippen LogP contribution is -2.32. The summed E-state index contributed by atoms with van der Waals surface area (Å²) in [6.45, 7) is 2.19. The Balaban J connectivity index is 2.13. The molecule has 2 rings (SSSR count). The number of nitrogens with zero attached hydrogens (tertiary/aromatic N) is 4. The lowest BCUT2D eigenvalue weighted by atomic mass is 10.1. The number of nitriles is 1. The van der Waals surface area contributed by atoms with Crippen molar-refractivity contribution in [2.45, 2.75) is 18.9 Å². The quantitative estimate of drug-likeness (QED) is 0.664. The summed E-state index contributed by atoms with van der Waals surface area (Å²) in [6.07, 6.45) is 3.89. The Morgan fingerprint density at radius 1 is 1.50 bits per heavy atom. The molecule has 74 valence electrons. The van der Waals surface area contributed by atoms with E-state index in [9.17, 15) is 0 Å². The molecule has 0 saturated carbocycles. The monoisotopic (exact) mass is 190 g/mol. The van der Waals surface area contributed by atoms with Crippen LogP contribution in [0, 0.1) is 11.3 Å². The van der Waals surface area contributed by atoms with Crippen LogP contribution in [0.1, 0.15) is 24.6 Å². The summed E-state index contributed by atoms with van der Waals surface area (Å²) in [6, 6.07) is 4.36. The number of likely N-dealkylation sites (tertiary alicyclic amines) is 1. The maximum Gasteiger partial charge on any atom is 0.138 e. The van der Waals surface area contributed by atoms with Crippen molar-refractivity contribution >= 4 is 0 Å². The van der Waals surface area contributed by atoms with Crippen LogP contribution in [-0.4, -0.2) is 34.8 Å². The highest BCUT2D eigenvalue weighted by Crippen LogP contribution is 2.21. The molecule has 1 fully saturated rings. The smallest absolute Gasteiger partial charge is 0.138 e. The molecule has 2 heterocycles. The largest absolute Gasteiger partial charge is 0.306 e. The number of hydrogen-bond donors (Lipinski definition) is 0. The molecule has 14 heavy (non-hydrogen) atoms. The minimum atomic E-state index is 0.413. The second-order valence-electron chi connectivity index (χ2n) is 3.81. The highest BCUT2D eigenvalue weighted by atomic mass is 15.3. The predicted octanol–water partition coefficient (Wildman–Crippen LogP) is 1.02. The zero-order chi connectivity index (χ0) is 9.97. The molecular weight excluding hydrogens is 176 g/mol. The minimum Gasteiger partial charge on any atom is -0.306 e. The van der Waals surface area contributed by atoms with Crippen molar-refractivity contribution in [1.29, 1.82) is 5.26 Å². The summed E-state index contributed by atoms with van der Waals surface area (Å²) in [4.78, 5) is 2.31.